The van der Waals surface area contributed by atoms with Crippen molar-refractivity contribution in [1.29, 1.82) is 0 Å². The van der Waals surface area contributed by atoms with Crippen molar-refractivity contribution in [1.82, 2.24) is 5.32 Å². The average molecular weight is 344 g/mol. The molecule has 5 nitrogen and oxygen atoms in total. The van der Waals surface area contributed by atoms with Gasteiger partial charge < -0.3 is 10.1 Å². The van der Waals surface area contributed by atoms with Crippen LogP contribution in [0.4, 0.5) is 9.80 Å². The van der Waals surface area contributed by atoms with Crippen molar-refractivity contribution < 1.29 is 14.3 Å². The fourth-order valence-electron chi connectivity index (χ4n) is 2.56. The number of carbonyl (C=O) groups is 2. The highest BCUT2D eigenvalue weighted by molar-refractivity contribution is 7.14. The van der Waals surface area contributed by atoms with E-state index in [0.29, 0.717) is 24.6 Å². The number of carbonyl (C=O) groups excluding carboxylic acids is 2. The van der Waals surface area contributed by atoms with Gasteiger partial charge in [-0.25, -0.2) is 4.79 Å². The maximum atomic E-state index is 12.2. The van der Waals surface area contributed by atoms with Gasteiger partial charge in [-0.3, -0.25) is 9.69 Å². The van der Waals surface area contributed by atoms with Gasteiger partial charge in [0, 0.05) is 5.56 Å². The van der Waals surface area contributed by atoms with E-state index in [1.807, 2.05) is 41.8 Å². The van der Waals surface area contributed by atoms with Crippen molar-refractivity contribution in [3.05, 3.63) is 52.9 Å². The Balaban J connectivity index is 1.54. The quantitative estimate of drug-likeness (QED) is 0.901. The molecule has 0 saturated carbocycles. The first-order chi connectivity index (χ1) is 11.5. The fourth-order valence-corrected chi connectivity index (χ4v) is 3.29. The number of hydrogen-bond acceptors (Lipinski definition) is 4. The molecule has 2 amide bonds. The third kappa shape index (κ3) is 3.59. The van der Waals surface area contributed by atoms with Crippen LogP contribution >= 0.6 is 11.3 Å². The van der Waals surface area contributed by atoms with Crippen LogP contribution in [-0.2, 0) is 4.74 Å². The molecule has 0 spiro atoms. The summed E-state index contributed by atoms with van der Waals surface area (Å²) in [6.45, 7) is 4.98. The molecule has 1 aliphatic heterocycles. The number of benzene rings is 1. The molecule has 0 aliphatic carbocycles. The van der Waals surface area contributed by atoms with Gasteiger partial charge in [-0.2, -0.15) is 0 Å². The highest BCUT2D eigenvalue weighted by Crippen LogP contribution is 2.26. The van der Waals surface area contributed by atoms with E-state index in [1.165, 1.54) is 16.9 Å². The van der Waals surface area contributed by atoms with Gasteiger partial charge in [0.05, 0.1) is 13.1 Å². The predicted molar refractivity (Wildman–Crippen MR) is 94.8 cm³/mol. The third-order valence-corrected chi connectivity index (χ3v) is 4.87. The molecular weight excluding hydrogens is 324 g/mol. The molecular formula is C18H20N2O3S. The Hall–Kier alpha value is -2.34. The normalized spacial score (nSPS) is 17.2. The Morgan fingerprint density at radius 3 is 2.71 bits per heavy atom. The number of nitrogens with one attached hydrogen (secondary N) is 1. The monoisotopic (exact) mass is 344 g/mol. The molecule has 1 aromatic heterocycles. The Morgan fingerprint density at radius 1 is 1.33 bits per heavy atom. The number of thiophene rings is 1. The number of hydrogen-bond donors (Lipinski definition) is 1. The third-order valence-electron chi connectivity index (χ3n) is 3.98. The van der Waals surface area contributed by atoms with Crippen LogP contribution in [0.1, 0.15) is 35.7 Å². The Bertz CT molecular complexity index is 710. The van der Waals surface area contributed by atoms with Crippen molar-refractivity contribution in [2.24, 2.45) is 0 Å². The van der Waals surface area contributed by atoms with E-state index in [9.17, 15) is 9.59 Å². The second-order valence-corrected chi connectivity index (χ2v) is 6.98. The van der Waals surface area contributed by atoms with Crippen LogP contribution in [0.25, 0.3) is 0 Å². The minimum absolute atomic E-state index is 0.157. The second kappa shape index (κ2) is 7.05. The Labute approximate surface area is 145 Å². The number of anilines is 1. The number of ether oxygens (including phenoxy) is 1. The maximum Gasteiger partial charge on any atom is 0.415 e. The fraction of sp³-hybridized carbons (Fsp3) is 0.333. The molecule has 1 aliphatic rings. The first-order valence-electron chi connectivity index (χ1n) is 7.94. The van der Waals surface area contributed by atoms with E-state index in [2.05, 4.69) is 19.2 Å². The first-order valence-corrected chi connectivity index (χ1v) is 8.82. The zero-order valence-electron chi connectivity index (χ0n) is 13.7. The lowest BCUT2D eigenvalue weighted by Gasteiger charge is -2.11. The summed E-state index contributed by atoms with van der Waals surface area (Å²) in [7, 11) is 0. The molecule has 2 aromatic rings. The summed E-state index contributed by atoms with van der Waals surface area (Å²) in [5.74, 6) is 0.277. The summed E-state index contributed by atoms with van der Waals surface area (Å²) < 4.78 is 5.31. The lowest BCUT2D eigenvalue weighted by molar-refractivity contribution is 0.0916. The lowest BCUT2D eigenvalue weighted by atomic mass is 10.0. The van der Waals surface area contributed by atoms with Crippen LogP contribution in [0.2, 0.25) is 0 Å². The standard InChI is InChI=1S/C18H20N2O3S/c1-12(2)13-5-7-14(8-6-13)17(21)19-10-15-11-20(18(22)23-15)16-4-3-9-24-16/h3-9,12,15H,10-11H2,1-2H3,(H,19,21). The van der Waals surface area contributed by atoms with Crippen LogP contribution < -0.4 is 10.2 Å². The summed E-state index contributed by atoms with van der Waals surface area (Å²) in [5.41, 5.74) is 1.81. The summed E-state index contributed by atoms with van der Waals surface area (Å²) >= 11 is 1.49. The molecule has 1 aromatic carbocycles. The molecule has 24 heavy (non-hydrogen) atoms. The molecule has 1 atom stereocenters. The van der Waals surface area contributed by atoms with E-state index >= 15 is 0 Å². The minimum atomic E-state index is -0.363. The summed E-state index contributed by atoms with van der Waals surface area (Å²) in [4.78, 5) is 25.7. The van der Waals surface area contributed by atoms with Gasteiger partial charge in [0.15, 0.2) is 0 Å². The van der Waals surface area contributed by atoms with Crippen LogP contribution in [-0.4, -0.2) is 31.2 Å². The van der Waals surface area contributed by atoms with Gasteiger partial charge in [-0.05, 0) is 41.1 Å². The second-order valence-electron chi connectivity index (χ2n) is 6.05. The largest absolute Gasteiger partial charge is 0.442 e. The Morgan fingerprint density at radius 2 is 2.08 bits per heavy atom. The lowest BCUT2D eigenvalue weighted by Crippen LogP contribution is -2.34. The predicted octanol–water partition coefficient (Wildman–Crippen LogP) is 3.63. The number of cyclic esters (lactones) is 1. The van der Waals surface area contributed by atoms with Gasteiger partial charge >= 0.3 is 6.09 Å². The zero-order valence-corrected chi connectivity index (χ0v) is 14.5. The zero-order chi connectivity index (χ0) is 17.1. The van der Waals surface area contributed by atoms with Crippen molar-refractivity contribution in [2.45, 2.75) is 25.9 Å². The number of nitrogens with zero attached hydrogens (tertiary/aromatic N) is 1. The van der Waals surface area contributed by atoms with Gasteiger partial charge in [0.1, 0.15) is 11.1 Å². The van der Waals surface area contributed by atoms with E-state index in [1.54, 1.807) is 4.90 Å². The minimum Gasteiger partial charge on any atom is -0.442 e. The SMILES string of the molecule is CC(C)c1ccc(C(=O)NCC2CN(c3cccs3)C(=O)O2)cc1. The molecule has 126 valence electrons. The number of amides is 2. The summed E-state index contributed by atoms with van der Waals surface area (Å²) in [6, 6.07) is 11.3. The van der Waals surface area contributed by atoms with Gasteiger partial charge in [0.2, 0.25) is 0 Å². The van der Waals surface area contributed by atoms with E-state index in [4.69, 9.17) is 4.74 Å². The van der Waals surface area contributed by atoms with Crippen molar-refractivity contribution in [3.63, 3.8) is 0 Å². The van der Waals surface area contributed by atoms with Crippen LogP contribution in [0.15, 0.2) is 41.8 Å². The Kier molecular flexibility index (Phi) is 4.85. The molecule has 3 rings (SSSR count). The average Bonchev–Trinajstić information content (AvgIpc) is 3.22. The van der Waals surface area contributed by atoms with Crippen LogP contribution in [0.3, 0.4) is 0 Å². The number of rotatable bonds is 5. The molecule has 6 heteroatoms. The van der Waals surface area contributed by atoms with Gasteiger partial charge in [0.25, 0.3) is 5.91 Å². The molecule has 1 unspecified atom stereocenters. The van der Waals surface area contributed by atoms with E-state index < -0.39 is 0 Å². The van der Waals surface area contributed by atoms with Crippen LogP contribution in [0, 0.1) is 0 Å². The smallest absolute Gasteiger partial charge is 0.415 e. The highest BCUT2D eigenvalue weighted by Gasteiger charge is 2.33. The van der Waals surface area contributed by atoms with E-state index in [0.717, 1.165) is 5.00 Å². The molecule has 1 saturated heterocycles. The van der Waals surface area contributed by atoms with Crippen LogP contribution in [0.5, 0.6) is 0 Å². The maximum absolute atomic E-state index is 12.2. The van der Waals surface area contributed by atoms with Gasteiger partial charge in [-0.1, -0.05) is 26.0 Å². The topological polar surface area (TPSA) is 58.6 Å². The van der Waals surface area contributed by atoms with Crippen molar-refractivity contribution >= 4 is 28.3 Å². The molecule has 2 heterocycles. The summed E-state index contributed by atoms with van der Waals surface area (Å²) in [5, 5.41) is 5.61. The first kappa shape index (κ1) is 16.5. The molecule has 1 fully saturated rings. The molecule has 1 N–H and O–H groups in total. The molecule has 0 radical (unpaired) electrons. The van der Waals surface area contributed by atoms with Crippen molar-refractivity contribution in [3.8, 4) is 0 Å². The summed E-state index contributed by atoms with van der Waals surface area (Å²) in [6.07, 6.45) is -0.698. The van der Waals surface area contributed by atoms with Crippen molar-refractivity contribution in [2.75, 3.05) is 18.0 Å². The highest BCUT2D eigenvalue weighted by atomic mass is 32.1. The van der Waals surface area contributed by atoms with E-state index in [-0.39, 0.29) is 18.1 Å². The van der Waals surface area contributed by atoms with Gasteiger partial charge in [-0.15, -0.1) is 11.3 Å². The molecule has 0 bridgehead atoms.